The van der Waals surface area contributed by atoms with E-state index in [1.165, 1.54) is 6.92 Å². The number of carboxylic acids is 1. The summed E-state index contributed by atoms with van der Waals surface area (Å²) in [6.07, 6.45) is -5.67. The molecule has 0 aromatic heterocycles. The lowest BCUT2D eigenvalue weighted by Crippen LogP contribution is -2.47. The first-order valence-corrected chi connectivity index (χ1v) is 25.7. The summed E-state index contributed by atoms with van der Waals surface area (Å²) >= 11 is 22.8. The number of anilines is 2. The van der Waals surface area contributed by atoms with Crippen molar-refractivity contribution in [3.63, 3.8) is 0 Å². The molecule has 1 aliphatic rings. The van der Waals surface area contributed by atoms with Gasteiger partial charge in [-0.3, -0.25) is 39.3 Å². The number of halogens is 7. The van der Waals surface area contributed by atoms with Gasteiger partial charge in [-0.05, 0) is 88.6 Å². The fraction of sp³-hybridized carbons (Fsp3) is 0.383. The maximum Gasteiger partial charge on any atom is 0.416 e. The van der Waals surface area contributed by atoms with Crippen LogP contribution in [0.5, 0.6) is 17.2 Å². The molecule has 75 heavy (non-hydrogen) atoms. The van der Waals surface area contributed by atoms with Crippen molar-refractivity contribution in [3.8, 4) is 17.2 Å². The van der Waals surface area contributed by atoms with Crippen LogP contribution in [0.4, 0.5) is 30.2 Å². The number of hydrogen-bond donors (Lipinski definition) is 4. The number of fused-ring (bicyclic) bond motifs is 1. The zero-order chi connectivity index (χ0) is 56.8. The molecule has 4 aromatic rings. The van der Waals surface area contributed by atoms with Gasteiger partial charge in [0.05, 0.1) is 52.4 Å². The van der Waals surface area contributed by atoms with Crippen molar-refractivity contribution in [1.82, 2.24) is 5.32 Å². The van der Waals surface area contributed by atoms with Gasteiger partial charge < -0.3 is 43.5 Å². The summed E-state index contributed by atoms with van der Waals surface area (Å²) in [5, 5.41) is 20.9. The number of aryl methyl sites for hydroxylation is 2. The van der Waals surface area contributed by atoms with Gasteiger partial charge in [0.15, 0.2) is 10.9 Å². The molecule has 2 amide bonds. The van der Waals surface area contributed by atoms with Crippen LogP contribution in [0.1, 0.15) is 61.7 Å². The molecular formula is C47H54Cl4F3N4O16P. The first kappa shape index (κ1) is 65.4. The number of ether oxygens (including phenoxy) is 5. The Labute approximate surface area is 449 Å². The second-order valence-corrected chi connectivity index (χ2v) is 18.7. The van der Waals surface area contributed by atoms with Gasteiger partial charge in [-0.1, -0.05) is 72.1 Å². The minimum atomic E-state index is -4.61. The van der Waals surface area contributed by atoms with E-state index in [0.717, 1.165) is 59.3 Å². The van der Waals surface area contributed by atoms with Crippen molar-refractivity contribution >= 4 is 101 Å². The molecule has 4 N–H and O–H groups in total. The number of para-hydroxylation sites is 3. The van der Waals surface area contributed by atoms with Crippen LogP contribution in [0, 0.1) is 17.0 Å². The summed E-state index contributed by atoms with van der Waals surface area (Å²) in [5.41, 5.74) is 1.68. The summed E-state index contributed by atoms with van der Waals surface area (Å²) in [5.74, 6) is -3.30. The Balaban J connectivity index is 0.000000372. The number of benzene rings is 4. The van der Waals surface area contributed by atoms with Crippen molar-refractivity contribution in [3.05, 3.63) is 116 Å². The van der Waals surface area contributed by atoms with Crippen LogP contribution >= 0.6 is 54.0 Å². The zero-order valence-electron chi connectivity index (χ0n) is 41.0. The van der Waals surface area contributed by atoms with E-state index in [0.29, 0.717) is 25.0 Å². The number of alkyl halides is 6. The Morgan fingerprint density at radius 1 is 1.00 bits per heavy atom. The van der Waals surface area contributed by atoms with Crippen LogP contribution < -0.4 is 24.6 Å². The quantitative estimate of drug-likeness (QED) is 0.0180. The predicted octanol–water partition coefficient (Wildman–Crippen LogP) is 9.69. The van der Waals surface area contributed by atoms with E-state index in [1.54, 1.807) is 16.7 Å². The lowest BCUT2D eigenvalue weighted by Gasteiger charge is -2.35. The molecule has 4 aromatic carbocycles. The zero-order valence-corrected chi connectivity index (χ0v) is 44.9. The van der Waals surface area contributed by atoms with Gasteiger partial charge in [0.25, 0.3) is 11.6 Å². The maximum atomic E-state index is 12.8. The molecule has 5 rings (SSSR count). The van der Waals surface area contributed by atoms with Crippen LogP contribution in [-0.4, -0.2) is 112 Å². The second-order valence-electron chi connectivity index (χ2n) is 15.3. The van der Waals surface area contributed by atoms with E-state index in [2.05, 4.69) is 12.2 Å². The monoisotopic (exact) mass is 1160 g/mol. The molecule has 2 unspecified atom stereocenters. The van der Waals surface area contributed by atoms with E-state index in [1.807, 2.05) is 63.2 Å². The third-order valence-corrected chi connectivity index (χ3v) is 11.2. The third-order valence-electron chi connectivity index (χ3n) is 9.65. The summed E-state index contributed by atoms with van der Waals surface area (Å²) in [6.45, 7) is 11.5. The number of nitrogens with zero attached hydrogens (tertiary/aromatic N) is 3. The van der Waals surface area contributed by atoms with Crippen molar-refractivity contribution in [2.45, 2.75) is 71.1 Å². The number of amides is 2. The highest BCUT2D eigenvalue weighted by Crippen LogP contribution is 2.38. The van der Waals surface area contributed by atoms with E-state index in [4.69, 9.17) is 85.0 Å². The number of rotatable bonds is 18. The van der Waals surface area contributed by atoms with Crippen LogP contribution in [-0.2, 0) is 50.6 Å². The van der Waals surface area contributed by atoms with E-state index < -0.39 is 77.2 Å². The third kappa shape index (κ3) is 21.4. The Kier molecular flexibility index (Phi) is 27.3. The average molecular weight is 1160 g/mol. The lowest BCUT2D eigenvalue weighted by atomic mass is 10.0. The highest BCUT2D eigenvalue weighted by Gasteiger charge is 2.33. The van der Waals surface area contributed by atoms with Crippen LogP contribution in [0.2, 0.25) is 5.02 Å². The largest absolute Gasteiger partial charge is 0.489 e. The van der Waals surface area contributed by atoms with Crippen molar-refractivity contribution < 1.29 is 85.2 Å². The molecule has 0 bridgehead atoms. The Morgan fingerprint density at radius 2 is 1.67 bits per heavy atom. The van der Waals surface area contributed by atoms with E-state index in [9.17, 15) is 51.8 Å². The van der Waals surface area contributed by atoms with Gasteiger partial charge >= 0.3 is 31.7 Å². The number of nitrogens with one attached hydrogen (secondary N) is 1. The standard InChI is InChI=1S/C19H15ClF3NO7.C14H20ClNO2.C11H11Cl2NO2.C3H8NO5P/c1-3-29-17(25)10(2)30-18(26)13-9-12(5-6-15(13)24(27)28)31-16-7-4-11(8-14(16)20)19(21,22)23;1-4-12-8-6-7-11(3)14(12)16(10-18-5-2)13(17)9-15;1-7-6-16-9-5-3-2-4-8(9)14(7)11(15)10(12)13;5-3(6)1-4-2-10(7,8)9/h4-10H,3H2,1-2H3;6-8H,4-5,9-10H2,1-3H3;2-5,7,10H,6H2,1H3;4H,1-2H2,(H,5,6)(H2,7,8,9). The highest BCUT2D eigenvalue weighted by atomic mass is 35.5. The molecule has 0 fully saturated rings. The summed E-state index contributed by atoms with van der Waals surface area (Å²) in [4.78, 5) is 86.5. The Hall–Kier alpha value is -5.75. The molecule has 0 spiro atoms. The van der Waals surface area contributed by atoms with Gasteiger partial charge in [0, 0.05) is 18.7 Å². The molecule has 0 saturated heterocycles. The number of nitro benzene ring substituents is 1. The topological polar surface area (TPSA) is 271 Å². The predicted molar refractivity (Wildman–Crippen MR) is 273 cm³/mol. The molecule has 0 saturated carbocycles. The molecule has 28 heteroatoms. The molecule has 0 aliphatic carbocycles. The molecule has 0 radical (unpaired) electrons. The maximum absolute atomic E-state index is 12.8. The number of carbonyl (C=O) groups excluding carboxylic acids is 4. The van der Waals surface area contributed by atoms with Crippen molar-refractivity contribution in [1.29, 1.82) is 0 Å². The number of aliphatic carboxylic acids is 1. The van der Waals surface area contributed by atoms with Crippen molar-refractivity contribution in [2.75, 3.05) is 55.1 Å². The smallest absolute Gasteiger partial charge is 0.416 e. The Bertz CT molecular complexity index is 2650. The number of nitro groups is 1. The average Bonchev–Trinajstić information content (AvgIpc) is 3.34. The summed E-state index contributed by atoms with van der Waals surface area (Å²) < 4.78 is 74.2. The van der Waals surface area contributed by atoms with E-state index in [-0.39, 0.29) is 53.6 Å². The first-order valence-electron chi connectivity index (χ1n) is 22.1. The first-order chi connectivity index (χ1) is 35.1. The van der Waals surface area contributed by atoms with Gasteiger partial charge in [-0.15, -0.1) is 11.6 Å². The molecule has 20 nitrogen and oxygen atoms in total. The van der Waals surface area contributed by atoms with Crippen LogP contribution in [0.3, 0.4) is 0 Å². The van der Waals surface area contributed by atoms with Crippen LogP contribution in [0.25, 0.3) is 0 Å². The molecule has 1 heterocycles. The van der Waals surface area contributed by atoms with Gasteiger partial charge in [-0.2, -0.15) is 13.2 Å². The van der Waals surface area contributed by atoms with Crippen LogP contribution in [0.15, 0.2) is 78.9 Å². The molecular weight excluding hydrogens is 1110 g/mol. The minimum absolute atomic E-state index is 0.0371. The SMILES string of the molecule is CC1COc2ccccc2N1C(=O)C(Cl)Cl.CCOC(=O)C(C)OC(=O)c1cc(Oc2ccc(C(F)(F)F)cc2Cl)ccc1[N+](=O)[O-].CCOCN(C(=O)CCl)c1c(C)cccc1CC.O=C(O)CNCP(=O)(O)O. The normalized spacial score (nSPS) is 13.1. The highest BCUT2D eigenvalue weighted by molar-refractivity contribution is 7.51. The fourth-order valence-electron chi connectivity index (χ4n) is 6.28. The fourth-order valence-corrected chi connectivity index (χ4v) is 7.25. The number of hydrogen-bond acceptors (Lipinski definition) is 14. The van der Waals surface area contributed by atoms with Gasteiger partial charge in [0.2, 0.25) is 5.91 Å². The van der Waals surface area contributed by atoms with Crippen molar-refractivity contribution in [2.24, 2.45) is 0 Å². The molecule has 412 valence electrons. The number of carboxylic acid groups (broad SMARTS) is 1. The second kappa shape index (κ2) is 31.3. The lowest BCUT2D eigenvalue weighted by molar-refractivity contribution is -0.385. The van der Waals surface area contributed by atoms with E-state index >= 15 is 0 Å². The minimum Gasteiger partial charge on any atom is -0.489 e. The van der Waals surface area contributed by atoms with Gasteiger partial charge in [0.1, 0.15) is 42.0 Å². The summed E-state index contributed by atoms with van der Waals surface area (Å²) in [6, 6.07) is 18.7. The number of carbonyl (C=O) groups is 5. The molecule has 1 aliphatic heterocycles. The summed E-state index contributed by atoms with van der Waals surface area (Å²) in [7, 11) is -4.10. The Morgan fingerprint density at radius 3 is 2.21 bits per heavy atom. The van der Waals surface area contributed by atoms with Gasteiger partial charge in [-0.25, -0.2) is 9.59 Å². The molecule has 2 atom stereocenters. The number of esters is 2.